The molecule has 7 aliphatic rings. The molecule has 4 nitrogen and oxygen atoms in total. The van der Waals surface area contributed by atoms with Crippen molar-refractivity contribution >= 4 is 11.5 Å². The van der Waals surface area contributed by atoms with E-state index in [1.54, 1.807) is 18.2 Å². The number of rotatable bonds is 7. The Balaban J connectivity index is 0.000000719. The zero-order valence-corrected chi connectivity index (χ0v) is 36.2. The van der Waals surface area contributed by atoms with Crippen molar-refractivity contribution < 1.29 is 9.90 Å². The summed E-state index contributed by atoms with van der Waals surface area (Å²) < 4.78 is 0. The Morgan fingerprint density at radius 1 is 0.786 bits per heavy atom. The highest BCUT2D eigenvalue weighted by Crippen LogP contribution is 2.77. The van der Waals surface area contributed by atoms with E-state index in [1.807, 2.05) is 6.92 Å². The number of carboxylic acid groups (broad SMARTS) is 1. The molecule has 8 rings (SSSR count). The van der Waals surface area contributed by atoms with Gasteiger partial charge in [-0.15, -0.1) is 45.1 Å². The number of carbonyl (C=O) groups is 1. The van der Waals surface area contributed by atoms with Crippen molar-refractivity contribution in [2.24, 2.45) is 50.7 Å². The number of piperidine rings is 1. The number of hydrogen-bond donors (Lipinski definition) is 2. The maximum Gasteiger partial charge on any atom is 0.335 e. The van der Waals surface area contributed by atoms with Crippen molar-refractivity contribution in [1.29, 1.82) is 0 Å². The second kappa shape index (κ2) is 18.1. The molecule has 0 aromatic heterocycles. The van der Waals surface area contributed by atoms with Crippen LogP contribution in [0.1, 0.15) is 154 Å². The minimum atomic E-state index is -0.842. The Labute approximate surface area is 343 Å². The number of hydrogen-bond acceptors (Lipinski definition) is 3. The summed E-state index contributed by atoms with van der Waals surface area (Å²) in [5, 5.41) is 13.8. The summed E-state index contributed by atoms with van der Waals surface area (Å²) in [6.45, 7) is 23.7. The highest BCUT2D eigenvalue weighted by molar-refractivity contribution is 5.88. The Hall–Kier alpha value is -3.23. The van der Waals surface area contributed by atoms with Crippen molar-refractivity contribution in [1.82, 2.24) is 10.2 Å². The van der Waals surface area contributed by atoms with Gasteiger partial charge in [0, 0.05) is 18.6 Å². The van der Waals surface area contributed by atoms with Gasteiger partial charge in [-0.1, -0.05) is 71.7 Å². The smallest absolute Gasteiger partial charge is 0.335 e. The average molecular weight is 761 g/mol. The van der Waals surface area contributed by atoms with Crippen LogP contribution < -0.4 is 5.32 Å². The topological polar surface area (TPSA) is 52.6 Å². The number of allylic oxidation sites excluding steroid dienone is 3. The lowest BCUT2D eigenvalue weighted by molar-refractivity contribution is -0.222. The molecule has 2 N–H and O–H groups in total. The fourth-order valence-electron chi connectivity index (χ4n) is 14.4. The maximum absolute atomic E-state index is 11.5. The van der Waals surface area contributed by atoms with Crippen molar-refractivity contribution in [2.75, 3.05) is 26.2 Å². The summed E-state index contributed by atoms with van der Waals surface area (Å²) in [4.78, 5) is 14.3. The normalized spacial score (nSPS) is 36.9. The van der Waals surface area contributed by atoms with Gasteiger partial charge in [-0.25, -0.2) is 4.79 Å². The van der Waals surface area contributed by atoms with Crippen LogP contribution >= 0.6 is 0 Å². The fraction of sp³-hybridized carbons (Fsp3) is 0.673. The molecule has 0 amide bonds. The Morgan fingerprint density at radius 3 is 2.00 bits per heavy atom. The van der Waals surface area contributed by atoms with Gasteiger partial charge < -0.3 is 15.3 Å². The molecule has 6 aliphatic carbocycles. The van der Waals surface area contributed by atoms with Crippen LogP contribution in [0.3, 0.4) is 0 Å². The molecular formula is C52H76N2O2. The van der Waals surface area contributed by atoms with Crippen LogP contribution in [0.4, 0.5) is 0 Å². The van der Waals surface area contributed by atoms with E-state index >= 15 is 0 Å². The van der Waals surface area contributed by atoms with E-state index in [0.717, 1.165) is 24.2 Å². The number of likely N-dealkylation sites (tertiary alicyclic amines) is 1. The van der Waals surface area contributed by atoms with Crippen LogP contribution in [0.15, 0.2) is 43.0 Å². The van der Waals surface area contributed by atoms with E-state index in [2.05, 4.69) is 108 Å². The van der Waals surface area contributed by atoms with Crippen molar-refractivity contribution in [3.8, 4) is 38.5 Å². The number of nitrogens with zero attached hydrogens (tertiary/aromatic N) is 1. The molecule has 0 bridgehead atoms. The summed E-state index contributed by atoms with van der Waals surface area (Å²) in [5.74, 6) is 2.37. The molecular weight excluding hydrogens is 685 g/mol. The van der Waals surface area contributed by atoms with Gasteiger partial charge in [0.1, 0.15) is 0 Å². The third kappa shape index (κ3) is 7.95. The number of nitrogens with one attached hydrogen (secondary N) is 1. The number of benzene rings is 1. The SMILES string of the molecule is C#C.C#C.C#C.C=CC.CC1(C)C(c2ccc(C(=O)O)cc2)=CC[C@@]2(C)C1CC[C@]1(C)C2CC[C@@H]2C3CCC[C@]3(CNC3(CN4CCCCC4)CC3)CC[C@]21C. The molecule has 1 aromatic carbocycles. The molecule has 1 aliphatic heterocycles. The molecule has 1 aromatic rings. The molecule has 56 heavy (non-hydrogen) atoms. The van der Waals surface area contributed by atoms with Crippen LogP contribution in [0.2, 0.25) is 0 Å². The minimum absolute atomic E-state index is 0.0721. The summed E-state index contributed by atoms with van der Waals surface area (Å²) in [6.07, 6.45) is 49.3. The molecule has 3 unspecified atom stereocenters. The molecule has 6 fully saturated rings. The first-order valence-corrected chi connectivity index (χ1v) is 21.9. The Kier molecular flexibility index (Phi) is 14.7. The van der Waals surface area contributed by atoms with Gasteiger partial charge in [-0.3, -0.25) is 0 Å². The summed E-state index contributed by atoms with van der Waals surface area (Å²) >= 11 is 0. The van der Waals surface area contributed by atoms with Crippen LogP contribution in [0, 0.1) is 89.3 Å². The first-order chi connectivity index (χ1) is 26.8. The Bertz CT molecular complexity index is 1570. The number of fused-ring (bicyclic) bond motifs is 7. The summed E-state index contributed by atoms with van der Waals surface area (Å²) in [6, 6.07) is 7.71. The van der Waals surface area contributed by atoms with E-state index in [-0.39, 0.29) is 5.41 Å². The minimum Gasteiger partial charge on any atom is -0.478 e. The highest BCUT2D eigenvalue weighted by Gasteiger charge is 2.69. The second-order valence-electron chi connectivity index (χ2n) is 19.8. The van der Waals surface area contributed by atoms with E-state index in [4.69, 9.17) is 0 Å². The molecule has 0 spiro atoms. The van der Waals surface area contributed by atoms with E-state index in [0.29, 0.717) is 38.7 Å². The predicted molar refractivity (Wildman–Crippen MR) is 238 cm³/mol. The predicted octanol–water partition coefficient (Wildman–Crippen LogP) is 11.8. The lowest BCUT2D eigenvalue weighted by atomic mass is 9.32. The van der Waals surface area contributed by atoms with Crippen LogP contribution in [0.5, 0.6) is 0 Å². The van der Waals surface area contributed by atoms with Crippen LogP contribution in [-0.2, 0) is 0 Å². The van der Waals surface area contributed by atoms with Gasteiger partial charge in [0.15, 0.2) is 0 Å². The zero-order chi connectivity index (χ0) is 41.6. The molecule has 5 saturated carbocycles. The monoisotopic (exact) mass is 761 g/mol. The van der Waals surface area contributed by atoms with Gasteiger partial charge >= 0.3 is 5.97 Å². The quantitative estimate of drug-likeness (QED) is 0.215. The number of carboxylic acids is 1. The lowest BCUT2D eigenvalue weighted by Crippen LogP contribution is -2.65. The van der Waals surface area contributed by atoms with Crippen molar-refractivity contribution in [3.05, 3.63) is 54.1 Å². The first-order valence-electron chi connectivity index (χ1n) is 21.9. The highest BCUT2D eigenvalue weighted by atomic mass is 16.4. The zero-order valence-electron chi connectivity index (χ0n) is 36.2. The van der Waals surface area contributed by atoms with Crippen LogP contribution in [0.25, 0.3) is 5.57 Å². The van der Waals surface area contributed by atoms with Gasteiger partial charge in [0.25, 0.3) is 0 Å². The number of terminal acetylenes is 3. The molecule has 306 valence electrons. The summed E-state index contributed by atoms with van der Waals surface area (Å²) in [5.41, 5.74) is 5.22. The molecule has 4 heteroatoms. The standard InChI is InChI=1S/C43H64N2O2.C3H6.3C2H2/c1-38(2)32(30-11-13-31(14-12-30)37(46)47)17-20-39(3)35(38)18-21-41(5)36(39)16-15-33-34-10-9-19-42(34,23-22-40(33,41)4)28-44-43(24-25-43)29-45-26-7-6-8-27-45;1-3-2;3*1-2/h11-14,17,33-36,44H,6-10,15-16,18-29H2,1-5H3,(H,46,47);3H,1H2,2H3;3*1-2H/t33-,34?,35?,36?,39+,40-,41-,42-;;;;/m1..../s1. The van der Waals surface area contributed by atoms with E-state index < -0.39 is 5.97 Å². The third-order valence-electron chi connectivity index (χ3n) is 17.2. The maximum atomic E-state index is 11.5. The largest absolute Gasteiger partial charge is 0.478 e. The van der Waals surface area contributed by atoms with Gasteiger partial charge in [-0.2, -0.15) is 0 Å². The van der Waals surface area contributed by atoms with Gasteiger partial charge in [-0.05, 0) is 177 Å². The molecule has 1 heterocycles. The number of aromatic carboxylic acids is 1. The molecule has 8 atom stereocenters. The summed E-state index contributed by atoms with van der Waals surface area (Å²) in [7, 11) is 0. The van der Waals surface area contributed by atoms with Crippen LogP contribution in [-0.4, -0.2) is 47.7 Å². The Morgan fingerprint density at radius 2 is 1.41 bits per heavy atom. The fourth-order valence-corrected chi connectivity index (χ4v) is 14.4. The third-order valence-corrected chi connectivity index (χ3v) is 17.2. The first kappa shape index (κ1) is 45.5. The van der Waals surface area contributed by atoms with Gasteiger partial charge in [0.2, 0.25) is 0 Å². The second-order valence-corrected chi connectivity index (χ2v) is 19.8. The van der Waals surface area contributed by atoms with Gasteiger partial charge in [0.05, 0.1) is 5.56 Å². The molecule has 1 saturated heterocycles. The van der Waals surface area contributed by atoms with Crippen molar-refractivity contribution in [3.63, 3.8) is 0 Å². The van der Waals surface area contributed by atoms with Crippen molar-refractivity contribution in [2.45, 2.75) is 143 Å². The average Bonchev–Trinajstić information content (AvgIpc) is 3.83. The lowest BCUT2D eigenvalue weighted by Gasteiger charge is -2.72. The molecule has 0 radical (unpaired) electrons. The van der Waals surface area contributed by atoms with E-state index in [9.17, 15) is 9.90 Å². The van der Waals surface area contributed by atoms with E-state index in [1.165, 1.54) is 127 Å².